The van der Waals surface area contributed by atoms with Gasteiger partial charge in [0.15, 0.2) is 0 Å². The number of phosphoric ester groups is 1. The van der Waals surface area contributed by atoms with E-state index < -0.39 is 55.8 Å². The first-order chi connectivity index (χ1) is 29.1. The fraction of sp³-hybridized carbons (Fsp3) is 0.787. The van der Waals surface area contributed by atoms with Crippen LogP contribution in [0.15, 0.2) is 48.6 Å². The molecule has 12 nitrogen and oxygen atoms in total. The number of allylic oxidation sites excluding steroid dienone is 7. The number of aliphatic carboxylic acids is 1. The minimum Gasteiger partial charge on any atom is -0.756 e. The zero-order valence-electron chi connectivity index (χ0n) is 38.8. The molecule has 0 heterocycles. The van der Waals surface area contributed by atoms with E-state index in [-0.39, 0.29) is 25.2 Å². The van der Waals surface area contributed by atoms with Crippen molar-refractivity contribution in [1.82, 2.24) is 5.32 Å². The molecule has 6 N–H and O–H groups in total. The highest BCUT2D eigenvalue weighted by molar-refractivity contribution is 8.00. The summed E-state index contributed by atoms with van der Waals surface area (Å²) in [5.74, 6) is -1.44. The second-order valence-corrected chi connectivity index (χ2v) is 19.9. The lowest BCUT2D eigenvalue weighted by atomic mass is 10.0. The van der Waals surface area contributed by atoms with E-state index in [4.69, 9.17) is 19.9 Å². The lowest BCUT2D eigenvalue weighted by Gasteiger charge is -2.30. The number of hydrogen-bond acceptors (Lipinski definition) is 10. The van der Waals surface area contributed by atoms with Gasteiger partial charge in [0.2, 0.25) is 5.91 Å². The number of nitrogens with zero attached hydrogens (tertiary/aromatic N) is 1. The Labute approximate surface area is 375 Å². The van der Waals surface area contributed by atoms with Crippen LogP contribution in [-0.2, 0) is 23.2 Å². The van der Waals surface area contributed by atoms with Crippen LogP contribution in [-0.4, -0.2) is 108 Å². The van der Waals surface area contributed by atoms with Crippen LogP contribution in [0.25, 0.3) is 0 Å². The van der Waals surface area contributed by atoms with Crippen LogP contribution in [0.4, 0.5) is 0 Å². The van der Waals surface area contributed by atoms with Crippen molar-refractivity contribution in [3.05, 3.63) is 48.6 Å². The lowest BCUT2D eigenvalue weighted by molar-refractivity contribution is -0.870. The van der Waals surface area contributed by atoms with Crippen molar-refractivity contribution in [2.24, 2.45) is 5.73 Å². The van der Waals surface area contributed by atoms with Gasteiger partial charge in [-0.15, -0.1) is 11.8 Å². The molecular formula is C47H88N3O9PS. The number of phosphoric acid groups is 1. The van der Waals surface area contributed by atoms with Crippen molar-refractivity contribution in [1.29, 1.82) is 0 Å². The Morgan fingerprint density at radius 3 is 1.90 bits per heavy atom. The van der Waals surface area contributed by atoms with Crippen LogP contribution < -0.4 is 15.9 Å². The number of unbranched alkanes of at least 4 members (excludes halogenated alkanes) is 16. The number of nitrogens with two attached hydrogens (primary N) is 1. The number of hydrogen-bond donors (Lipinski definition) is 5. The number of carboxylic acids is 1. The summed E-state index contributed by atoms with van der Waals surface area (Å²) in [6, 6.07) is -2.11. The molecular weight excluding hydrogens is 814 g/mol. The van der Waals surface area contributed by atoms with Gasteiger partial charge in [-0.1, -0.05) is 165 Å². The number of aliphatic hydroxyl groups is 2. The molecule has 0 bridgehead atoms. The van der Waals surface area contributed by atoms with Gasteiger partial charge in [0.25, 0.3) is 7.82 Å². The third-order valence-electron chi connectivity index (χ3n) is 10.3. The average molecular weight is 902 g/mol. The molecule has 0 fully saturated rings. The predicted molar refractivity (Wildman–Crippen MR) is 252 cm³/mol. The molecule has 0 spiro atoms. The summed E-state index contributed by atoms with van der Waals surface area (Å²) in [5, 5.41) is 33.5. The number of carboxylic acid groups (broad SMARTS) is 1. The molecule has 0 radical (unpaired) electrons. The number of nitrogens with one attached hydrogen (secondary N) is 1. The van der Waals surface area contributed by atoms with Crippen molar-refractivity contribution in [3.63, 3.8) is 0 Å². The minimum atomic E-state index is -4.72. The molecule has 0 aliphatic rings. The van der Waals surface area contributed by atoms with E-state index in [9.17, 15) is 29.3 Å². The molecule has 0 aromatic heterocycles. The maximum absolute atomic E-state index is 13.4. The van der Waals surface area contributed by atoms with E-state index in [1.807, 2.05) is 39.4 Å². The first-order valence-electron chi connectivity index (χ1n) is 23.4. The number of thioether (sulfide) groups is 1. The van der Waals surface area contributed by atoms with E-state index in [0.29, 0.717) is 30.3 Å². The van der Waals surface area contributed by atoms with E-state index >= 15 is 0 Å². The third-order valence-corrected chi connectivity index (χ3v) is 12.7. The number of carbonyl (C=O) groups is 2. The summed E-state index contributed by atoms with van der Waals surface area (Å²) < 4.78 is 23.3. The number of amides is 1. The molecule has 0 saturated carbocycles. The number of rotatable bonds is 42. The Hall–Kier alpha value is -1.80. The molecule has 14 heteroatoms. The molecule has 0 aliphatic heterocycles. The second kappa shape index (κ2) is 38.6. The number of likely N-dealkylation sites (N-methyl/N-ethyl adjacent to an activating group) is 1. The van der Waals surface area contributed by atoms with E-state index in [1.54, 1.807) is 12.2 Å². The topological polar surface area (TPSA) is 191 Å². The molecule has 61 heavy (non-hydrogen) atoms. The Morgan fingerprint density at radius 2 is 1.31 bits per heavy atom. The molecule has 0 saturated heterocycles. The summed E-state index contributed by atoms with van der Waals surface area (Å²) in [5.41, 5.74) is 6.33. The molecule has 356 valence electrons. The smallest absolute Gasteiger partial charge is 0.303 e. The molecule has 0 aromatic carbocycles. The zero-order chi connectivity index (χ0) is 45.6. The van der Waals surface area contributed by atoms with Gasteiger partial charge < -0.3 is 44.8 Å². The highest BCUT2D eigenvalue weighted by Gasteiger charge is 2.27. The molecule has 0 rings (SSSR count). The Kier molecular flexibility index (Phi) is 37.5. The Morgan fingerprint density at radius 1 is 0.754 bits per heavy atom. The molecule has 1 unspecified atom stereocenters. The first-order valence-corrected chi connectivity index (χ1v) is 25.9. The summed E-state index contributed by atoms with van der Waals surface area (Å²) in [6.07, 6.45) is 36.9. The van der Waals surface area contributed by atoms with Crippen molar-refractivity contribution >= 4 is 31.5 Å². The van der Waals surface area contributed by atoms with E-state index in [2.05, 4.69) is 37.4 Å². The quantitative estimate of drug-likeness (QED) is 0.0129. The standard InChI is InChI=1S/C47H88N3O9PS/c1-6-8-10-12-14-16-18-20-21-22-24-26-28-30-33-43(51)42(39-59-60(56,57)58-38-37-50(3,4)5)49-47(55)41(48)40-61-45(44(52)34-32-36-46(53)54)35-31-29-27-25-23-19-17-15-13-11-9-7-2/h15,17,23,25,27,29,31,35,41-45,51-52H,6-14,16,18-22,24,26,28,30,32-34,36-40,48H2,1-5H3,(H2-,49,53,54,55,56,57)/b17-15-,25-23-,29-27+,35-31+/t41-,42-,43+,44-,45+/m0/s1. The highest BCUT2D eigenvalue weighted by Crippen LogP contribution is 2.38. The van der Waals surface area contributed by atoms with Gasteiger partial charge in [0.05, 0.1) is 52.0 Å². The zero-order valence-corrected chi connectivity index (χ0v) is 40.5. The maximum atomic E-state index is 13.4. The largest absolute Gasteiger partial charge is 0.756 e. The van der Waals surface area contributed by atoms with Crippen molar-refractivity contribution in [3.8, 4) is 0 Å². The van der Waals surface area contributed by atoms with Crippen LogP contribution >= 0.6 is 19.6 Å². The monoisotopic (exact) mass is 902 g/mol. The Bertz CT molecular complexity index is 1260. The first kappa shape index (κ1) is 59.2. The SMILES string of the molecule is CCCCC/C=C\C\C=C/C=C/C=C/[C@@H](SC[C@H](N)C(=O)N[C@@H](COP(=O)([O-])OCC[N+](C)(C)C)[C@H](O)CCCCCCCCCCCCCCCC)[C@@H](O)CCCC(=O)O. The van der Waals surface area contributed by atoms with Crippen LogP contribution in [0.2, 0.25) is 0 Å². The molecule has 0 aliphatic carbocycles. The summed E-state index contributed by atoms with van der Waals surface area (Å²) in [7, 11) is 1.00. The van der Waals surface area contributed by atoms with Gasteiger partial charge in [-0.25, -0.2) is 0 Å². The normalized spacial score (nSPS) is 16.1. The van der Waals surface area contributed by atoms with Gasteiger partial charge in [-0.3, -0.25) is 14.2 Å². The third kappa shape index (κ3) is 38.4. The number of carbonyl (C=O) groups excluding carboxylic acids is 1. The van der Waals surface area contributed by atoms with E-state index in [0.717, 1.165) is 32.1 Å². The van der Waals surface area contributed by atoms with Gasteiger partial charge in [-0.05, 0) is 38.5 Å². The number of aliphatic hydroxyl groups excluding tert-OH is 2. The number of quaternary nitrogens is 1. The van der Waals surface area contributed by atoms with E-state index in [1.165, 1.54) is 95.2 Å². The minimum absolute atomic E-state index is 0.0693. The summed E-state index contributed by atoms with van der Waals surface area (Å²) in [6.45, 7) is 4.27. The van der Waals surface area contributed by atoms with Crippen molar-refractivity contribution in [2.75, 3.05) is 46.7 Å². The highest BCUT2D eigenvalue weighted by atomic mass is 32.2. The molecule has 0 aromatic rings. The fourth-order valence-electron chi connectivity index (χ4n) is 6.40. The summed E-state index contributed by atoms with van der Waals surface area (Å²) >= 11 is 1.26. The average Bonchev–Trinajstić information content (AvgIpc) is 3.19. The second-order valence-electron chi connectivity index (χ2n) is 17.3. The maximum Gasteiger partial charge on any atom is 0.303 e. The van der Waals surface area contributed by atoms with Crippen LogP contribution in [0.1, 0.15) is 162 Å². The Balaban J connectivity index is 5.34. The van der Waals surface area contributed by atoms with Crippen molar-refractivity contribution in [2.45, 2.75) is 191 Å². The van der Waals surface area contributed by atoms with Crippen LogP contribution in [0, 0.1) is 0 Å². The molecule has 1 amide bonds. The predicted octanol–water partition coefficient (Wildman–Crippen LogP) is 9.15. The van der Waals surface area contributed by atoms with Gasteiger partial charge in [-0.2, -0.15) is 0 Å². The van der Waals surface area contributed by atoms with Crippen molar-refractivity contribution < 1.29 is 47.9 Å². The lowest BCUT2D eigenvalue weighted by Crippen LogP contribution is -2.52. The van der Waals surface area contributed by atoms with Gasteiger partial charge >= 0.3 is 5.97 Å². The fourth-order valence-corrected chi connectivity index (χ4v) is 8.26. The molecule has 6 atom stereocenters. The van der Waals surface area contributed by atoms with Gasteiger partial charge in [0.1, 0.15) is 13.2 Å². The summed E-state index contributed by atoms with van der Waals surface area (Å²) in [4.78, 5) is 37.1. The van der Waals surface area contributed by atoms with Crippen LogP contribution in [0.5, 0.6) is 0 Å². The van der Waals surface area contributed by atoms with Gasteiger partial charge in [0, 0.05) is 17.4 Å². The van der Waals surface area contributed by atoms with Crippen LogP contribution in [0.3, 0.4) is 0 Å².